The molecule has 130 valence electrons. The van der Waals surface area contributed by atoms with Crippen LogP contribution in [0, 0.1) is 5.92 Å². The minimum atomic E-state index is -0.0375. The summed E-state index contributed by atoms with van der Waals surface area (Å²) in [5.74, 6) is 1.38. The molecule has 0 amide bonds. The summed E-state index contributed by atoms with van der Waals surface area (Å²) in [6.07, 6.45) is 4.09. The molecule has 0 saturated heterocycles. The number of rotatable bonds is 9. The average Bonchev–Trinajstić information content (AvgIpc) is 2.49. The van der Waals surface area contributed by atoms with E-state index in [0.717, 1.165) is 12.2 Å². The molecule has 0 heterocycles. The van der Waals surface area contributed by atoms with Gasteiger partial charge >= 0.3 is 0 Å². The minimum absolute atomic E-state index is 0.0375. The van der Waals surface area contributed by atoms with Crippen molar-refractivity contribution in [3.63, 3.8) is 0 Å². The lowest BCUT2D eigenvalue weighted by molar-refractivity contribution is -0.116. The Morgan fingerprint density at radius 3 is 2.83 bits per heavy atom. The molecule has 0 bridgehead atoms. The maximum atomic E-state index is 12.4. The Morgan fingerprint density at radius 1 is 1.52 bits per heavy atom. The first-order chi connectivity index (χ1) is 11.0. The zero-order valence-electron chi connectivity index (χ0n) is 14.0. The van der Waals surface area contributed by atoms with Crippen molar-refractivity contribution in [2.75, 3.05) is 12.4 Å². The second-order valence-electron chi connectivity index (χ2n) is 5.57. The minimum Gasteiger partial charge on any atom is -0.511 e. The lowest BCUT2D eigenvalue weighted by Crippen LogP contribution is -2.26. The van der Waals surface area contributed by atoms with E-state index < -0.39 is 0 Å². The fourth-order valence-electron chi connectivity index (χ4n) is 2.77. The molecule has 0 saturated carbocycles. The Labute approximate surface area is 148 Å². The largest absolute Gasteiger partial charge is 0.511 e. The average molecular weight is 360 g/mol. The van der Waals surface area contributed by atoms with E-state index in [4.69, 9.17) is 16.4 Å². The van der Waals surface area contributed by atoms with Crippen LogP contribution in [0.2, 0.25) is 0 Å². The Hall–Kier alpha value is -0.940. The number of carbonyl (C=O) groups is 1. The van der Waals surface area contributed by atoms with Crippen LogP contribution in [0.25, 0.3) is 0 Å². The predicted molar refractivity (Wildman–Crippen MR) is 98.3 cm³/mol. The van der Waals surface area contributed by atoms with Gasteiger partial charge in [0.25, 0.3) is 0 Å². The van der Waals surface area contributed by atoms with Gasteiger partial charge in [0.2, 0.25) is 0 Å². The highest BCUT2D eigenvalue weighted by Crippen LogP contribution is 2.32. The van der Waals surface area contributed by atoms with Crippen molar-refractivity contribution in [3.05, 3.63) is 22.9 Å². The lowest BCUT2D eigenvalue weighted by Gasteiger charge is -2.25. The van der Waals surface area contributed by atoms with Crippen LogP contribution >= 0.6 is 23.4 Å². The molecule has 1 N–H and O–H groups in total. The third kappa shape index (κ3) is 6.60. The molecule has 0 aromatic rings. The Kier molecular flexibility index (Phi) is 9.41. The van der Waals surface area contributed by atoms with E-state index in [1.807, 2.05) is 18.7 Å². The predicted octanol–water partition coefficient (Wildman–Crippen LogP) is 4.84. The molecule has 0 radical (unpaired) electrons. The number of hydrogen-bond donors (Lipinski definition) is 1. The number of allylic oxidation sites excluding steroid dienone is 2. The summed E-state index contributed by atoms with van der Waals surface area (Å²) in [7, 11) is 0. The van der Waals surface area contributed by atoms with Crippen molar-refractivity contribution >= 4 is 34.9 Å². The molecular formula is C17H26ClNO3S. The van der Waals surface area contributed by atoms with E-state index in [1.165, 1.54) is 5.54 Å². The molecule has 2 atom stereocenters. The number of carbonyl (C=O) groups excluding carboxylic acids is 1. The van der Waals surface area contributed by atoms with Gasteiger partial charge < -0.3 is 9.94 Å². The van der Waals surface area contributed by atoms with E-state index in [1.54, 1.807) is 6.08 Å². The summed E-state index contributed by atoms with van der Waals surface area (Å²) in [6.45, 7) is 6.43. The summed E-state index contributed by atoms with van der Waals surface area (Å²) < 4.78 is 0. The van der Waals surface area contributed by atoms with Gasteiger partial charge in [0.1, 0.15) is 12.4 Å². The Balaban J connectivity index is 2.79. The first-order valence-corrected chi connectivity index (χ1v) is 9.53. The normalized spacial score (nSPS) is 21.1. The molecule has 0 aromatic carbocycles. The second-order valence-corrected chi connectivity index (χ2v) is 7.54. The van der Waals surface area contributed by atoms with Crippen LogP contribution < -0.4 is 0 Å². The molecule has 0 fully saturated rings. The molecule has 6 heteroatoms. The summed E-state index contributed by atoms with van der Waals surface area (Å²) >= 11 is 7.30. The lowest BCUT2D eigenvalue weighted by atomic mass is 9.82. The van der Waals surface area contributed by atoms with E-state index in [2.05, 4.69) is 19.0 Å². The van der Waals surface area contributed by atoms with Gasteiger partial charge in [-0.3, -0.25) is 4.79 Å². The number of oxime groups is 1. The molecule has 1 rings (SSSR count). The number of halogens is 1. The zero-order valence-corrected chi connectivity index (χ0v) is 15.6. The highest BCUT2D eigenvalue weighted by molar-refractivity contribution is 7.99. The van der Waals surface area contributed by atoms with Crippen molar-refractivity contribution < 1.29 is 14.7 Å². The van der Waals surface area contributed by atoms with Crippen molar-refractivity contribution in [1.29, 1.82) is 0 Å². The van der Waals surface area contributed by atoms with Crippen LogP contribution in [0.4, 0.5) is 0 Å². The van der Waals surface area contributed by atoms with Gasteiger partial charge in [0, 0.05) is 23.6 Å². The second kappa shape index (κ2) is 10.8. The van der Waals surface area contributed by atoms with Crippen LogP contribution in [-0.2, 0) is 9.63 Å². The number of ketones is 1. The van der Waals surface area contributed by atoms with Crippen molar-refractivity contribution in [1.82, 2.24) is 0 Å². The van der Waals surface area contributed by atoms with E-state index >= 15 is 0 Å². The first kappa shape index (κ1) is 20.1. The molecule has 0 unspecified atom stereocenters. The standard InChI is InChI=1S/C17H26ClNO3S/c1-4-14(19-22-8-6-7-18)17-15(20)10-13(11-16(17)21)9-12(3)23-5-2/h6-7,12-13,20H,4-5,8-11H2,1-3H3/t12-,13+/m1/s1. The Bertz CT molecular complexity index is 488. The van der Waals surface area contributed by atoms with Crippen LogP contribution in [0.1, 0.15) is 46.5 Å². The summed E-state index contributed by atoms with van der Waals surface area (Å²) in [4.78, 5) is 17.6. The Morgan fingerprint density at radius 2 is 2.26 bits per heavy atom. The quantitative estimate of drug-likeness (QED) is 0.363. The van der Waals surface area contributed by atoms with Gasteiger partial charge in [-0.15, -0.1) is 0 Å². The topological polar surface area (TPSA) is 58.9 Å². The molecule has 0 aromatic heterocycles. The smallest absolute Gasteiger partial charge is 0.168 e. The molecule has 23 heavy (non-hydrogen) atoms. The van der Waals surface area contributed by atoms with Crippen molar-refractivity contribution in [2.24, 2.45) is 11.1 Å². The van der Waals surface area contributed by atoms with Gasteiger partial charge in [-0.05, 0) is 30.6 Å². The van der Waals surface area contributed by atoms with Crippen LogP contribution in [0.3, 0.4) is 0 Å². The van der Waals surface area contributed by atoms with Gasteiger partial charge in [-0.2, -0.15) is 11.8 Å². The van der Waals surface area contributed by atoms with Gasteiger partial charge in [-0.1, -0.05) is 37.5 Å². The molecule has 0 aliphatic heterocycles. The number of aliphatic hydroxyl groups excluding tert-OH is 1. The van der Waals surface area contributed by atoms with Crippen LogP contribution in [0.5, 0.6) is 0 Å². The summed E-state index contributed by atoms with van der Waals surface area (Å²) in [6, 6.07) is 0. The third-order valence-corrected chi connectivity index (χ3v) is 4.97. The first-order valence-electron chi connectivity index (χ1n) is 8.04. The molecular weight excluding hydrogens is 334 g/mol. The zero-order chi connectivity index (χ0) is 17.2. The maximum Gasteiger partial charge on any atom is 0.168 e. The number of hydrogen-bond acceptors (Lipinski definition) is 5. The van der Waals surface area contributed by atoms with Gasteiger partial charge in [0.15, 0.2) is 5.78 Å². The number of aliphatic hydroxyl groups is 1. The van der Waals surface area contributed by atoms with E-state index in [0.29, 0.717) is 35.8 Å². The number of nitrogens with zero attached hydrogens (tertiary/aromatic N) is 1. The summed E-state index contributed by atoms with van der Waals surface area (Å²) in [5.41, 5.74) is 2.20. The fourth-order valence-corrected chi connectivity index (χ4v) is 3.82. The van der Waals surface area contributed by atoms with Crippen molar-refractivity contribution in [3.8, 4) is 0 Å². The molecule has 4 nitrogen and oxygen atoms in total. The monoisotopic (exact) mass is 359 g/mol. The third-order valence-electron chi connectivity index (χ3n) is 3.70. The molecule has 1 aliphatic carbocycles. The van der Waals surface area contributed by atoms with Gasteiger partial charge in [-0.25, -0.2) is 0 Å². The summed E-state index contributed by atoms with van der Waals surface area (Å²) in [5, 5.41) is 14.8. The number of thioether (sulfide) groups is 1. The molecule has 0 spiro atoms. The fraction of sp³-hybridized carbons (Fsp3) is 0.647. The van der Waals surface area contributed by atoms with Crippen LogP contribution in [0.15, 0.2) is 28.1 Å². The van der Waals surface area contributed by atoms with Crippen LogP contribution in [-0.4, -0.2) is 34.2 Å². The highest BCUT2D eigenvalue weighted by atomic mass is 35.5. The van der Waals surface area contributed by atoms with Crippen molar-refractivity contribution in [2.45, 2.75) is 51.7 Å². The van der Waals surface area contributed by atoms with Gasteiger partial charge in [0.05, 0.1) is 11.3 Å². The number of Topliss-reactive ketones (excluding diaryl/α,β-unsaturated/α-hetero) is 1. The SMILES string of the molecule is CCS[C@H](C)C[C@@H]1CC(=O)C(C(CC)=NOCC=CCl)=C(O)C1. The highest BCUT2D eigenvalue weighted by Gasteiger charge is 2.31. The maximum absolute atomic E-state index is 12.4. The van der Waals surface area contributed by atoms with E-state index in [9.17, 15) is 9.90 Å². The van der Waals surface area contributed by atoms with E-state index in [-0.39, 0.29) is 24.1 Å². The molecule has 1 aliphatic rings.